The molecule has 1 aromatic rings. The number of rotatable bonds is 6. The first kappa shape index (κ1) is 12.9. The second-order valence-electron chi connectivity index (χ2n) is 5.72. The molecule has 0 saturated heterocycles. The standard InChI is InChI=1S/C16H24N2O/c1-19-12-15(11-17-14-8-9-14)18-10-4-6-13-5-2-3-7-16(13)18/h2-3,5,7,14-15,17H,4,6,8-12H2,1H3. The second kappa shape index (κ2) is 5.93. The lowest BCUT2D eigenvalue weighted by Crippen LogP contribution is -2.48. The summed E-state index contributed by atoms with van der Waals surface area (Å²) in [7, 11) is 1.81. The quantitative estimate of drug-likeness (QED) is 0.848. The Bertz CT molecular complexity index is 417. The topological polar surface area (TPSA) is 24.5 Å². The van der Waals surface area contributed by atoms with Crippen LogP contribution in [0.15, 0.2) is 24.3 Å². The average molecular weight is 260 g/mol. The van der Waals surface area contributed by atoms with Crippen molar-refractivity contribution in [2.24, 2.45) is 0 Å². The zero-order valence-electron chi connectivity index (χ0n) is 11.8. The molecule has 3 rings (SSSR count). The molecule has 3 heteroatoms. The number of hydrogen-bond donors (Lipinski definition) is 1. The van der Waals surface area contributed by atoms with E-state index in [0.717, 1.165) is 25.7 Å². The summed E-state index contributed by atoms with van der Waals surface area (Å²) in [6.45, 7) is 2.98. The van der Waals surface area contributed by atoms with Crippen molar-refractivity contribution in [3.05, 3.63) is 29.8 Å². The van der Waals surface area contributed by atoms with Crippen LogP contribution in [0.3, 0.4) is 0 Å². The molecule has 104 valence electrons. The number of aryl methyl sites for hydroxylation is 1. The highest BCUT2D eigenvalue weighted by atomic mass is 16.5. The van der Waals surface area contributed by atoms with Crippen molar-refractivity contribution in [3.8, 4) is 0 Å². The number of para-hydroxylation sites is 1. The maximum absolute atomic E-state index is 5.44. The van der Waals surface area contributed by atoms with Gasteiger partial charge in [0.05, 0.1) is 12.6 Å². The van der Waals surface area contributed by atoms with E-state index in [2.05, 4.69) is 34.5 Å². The van der Waals surface area contributed by atoms with Crippen LogP contribution in [0.2, 0.25) is 0 Å². The molecule has 1 atom stereocenters. The maximum atomic E-state index is 5.44. The van der Waals surface area contributed by atoms with Crippen LogP contribution in [0, 0.1) is 0 Å². The van der Waals surface area contributed by atoms with E-state index in [1.54, 1.807) is 7.11 Å². The molecule has 1 saturated carbocycles. The summed E-state index contributed by atoms with van der Waals surface area (Å²) in [5.74, 6) is 0. The Labute approximate surface area is 115 Å². The van der Waals surface area contributed by atoms with Gasteiger partial charge in [0, 0.05) is 31.9 Å². The van der Waals surface area contributed by atoms with Gasteiger partial charge in [0.2, 0.25) is 0 Å². The Hall–Kier alpha value is -1.06. The summed E-state index contributed by atoms with van der Waals surface area (Å²) in [6, 6.07) is 10.0. The number of fused-ring (bicyclic) bond motifs is 1. The lowest BCUT2D eigenvalue weighted by molar-refractivity contribution is 0.174. The van der Waals surface area contributed by atoms with Crippen molar-refractivity contribution < 1.29 is 4.74 Å². The van der Waals surface area contributed by atoms with Crippen molar-refractivity contribution in [3.63, 3.8) is 0 Å². The van der Waals surface area contributed by atoms with Crippen LogP contribution in [0.1, 0.15) is 24.8 Å². The highest BCUT2D eigenvalue weighted by molar-refractivity contribution is 5.56. The number of benzene rings is 1. The minimum Gasteiger partial charge on any atom is -0.383 e. The number of methoxy groups -OCH3 is 1. The number of nitrogens with one attached hydrogen (secondary N) is 1. The molecular weight excluding hydrogens is 236 g/mol. The Morgan fingerprint density at radius 2 is 2.21 bits per heavy atom. The first-order valence-electron chi connectivity index (χ1n) is 7.45. The Balaban J connectivity index is 1.73. The summed E-state index contributed by atoms with van der Waals surface area (Å²) in [6.07, 6.45) is 5.15. The predicted molar refractivity (Wildman–Crippen MR) is 78.8 cm³/mol. The first-order valence-corrected chi connectivity index (χ1v) is 7.45. The van der Waals surface area contributed by atoms with E-state index in [1.807, 2.05) is 0 Å². The highest BCUT2D eigenvalue weighted by Gasteiger charge is 2.27. The summed E-state index contributed by atoms with van der Waals surface area (Å²) in [5, 5.41) is 3.65. The summed E-state index contributed by atoms with van der Waals surface area (Å²) < 4.78 is 5.44. The molecule has 1 aliphatic heterocycles. The zero-order valence-corrected chi connectivity index (χ0v) is 11.8. The molecule has 1 N–H and O–H groups in total. The van der Waals surface area contributed by atoms with E-state index in [9.17, 15) is 0 Å². The molecule has 0 bridgehead atoms. The lowest BCUT2D eigenvalue weighted by atomic mass is 10.00. The van der Waals surface area contributed by atoms with Crippen molar-refractivity contribution in [1.82, 2.24) is 5.32 Å². The Morgan fingerprint density at radius 3 is 3.00 bits per heavy atom. The van der Waals surface area contributed by atoms with E-state index >= 15 is 0 Å². The first-order chi connectivity index (χ1) is 9.38. The third-order valence-corrected chi connectivity index (χ3v) is 4.17. The summed E-state index contributed by atoms with van der Waals surface area (Å²) >= 11 is 0. The third-order valence-electron chi connectivity index (χ3n) is 4.17. The van der Waals surface area contributed by atoms with Crippen molar-refractivity contribution in [1.29, 1.82) is 0 Å². The van der Waals surface area contributed by atoms with Crippen LogP contribution < -0.4 is 10.2 Å². The van der Waals surface area contributed by atoms with E-state index in [0.29, 0.717) is 6.04 Å². The highest BCUT2D eigenvalue weighted by Crippen LogP contribution is 2.28. The molecule has 1 heterocycles. The number of ether oxygens (including phenoxy) is 1. The van der Waals surface area contributed by atoms with Gasteiger partial charge in [-0.1, -0.05) is 18.2 Å². The zero-order chi connectivity index (χ0) is 13.1. The smallest absolute Gasteiger partial charge is 0.0678 e. The van der Waals surface area contributed by atoms with Gasteiger partial charge in [-0.25, -0.2) is 0 Å². The van der Waals surface area contributed by atoms with Crippen molar-refractivity contribution in [2.75, 3.05) is 31.7 Å². The van der Waals surface area contributed by atoms with Gasteiger partial charge in [-0.05, 0) is 37.3 Å². The SMILES string of the molecule is COCC(CNC1CC1)N1CCCc2ccccc21. The minimum absolute atomic E-state index is 0.451. The monoisotopic (exact) mass is 260 g/mol. The minimum atomic E-state index is 0.451. The Morgan fingerprint density at radius 1 is 1.37 bits per heavy atom. The molecule has 1 unspecified atom stereocenters. The molecule has 2 aliphatic rings. The molecule has 19 heavy (non-hydrogen) atoms. The largest absolute Gasteiger partial charge is 0.383 e. The van der Waals surface area contributed by atoms with Gasteiger partial charge in [0.25, 0.3) is 0 Å². The Kier molecular flexibility index (Phi) is 4.04. The fourth-order valence-electron chi connectivity index (χ4n) is 2.98. The average Bonchev–Trinajstić information content (AvgIpc) is 3.27. The van der Waals surface area contributed by atoms with Gasteiger partial charge < -0.3 is 15.0 Å². The van der Waals surface area contributed by atoms with Crippen LogP contribution in [-0.2, 0) is 11.2 Å². The van der Waals surface area contributed by atoms with Gasteiger partial charge in [-0.15, -0.1) is 0 Å². The second-order valence-corrected chi connectivity index (χ2v) is 5.72. The number of nitrogens with zero attached hydrogens (tertiary/aromatic N) is 1. The van der Waals surface area contributed by atoms with Gasteiger partial charge >= 0.3 is 0 Å². The fourth-order valence-corrected chi connectivity index (χ4v) is 2.98. The molecule has 3 nitrogen and oxygen atoms in total. The van der Waals surface area contributed by atoms with Gasteiger partial charge in [0.1, 0.15) is 0 Å². The predicted octanol–water partition coefficient (Wildman–Crippen LogP) is 2.21. The molecule has 0 spiro atoms. The summed E-state index contributed by atoms with van der Waals surface area (Å²) in [4.78, 5) is 2.54. The lowest BCUT2D eigenvalue weighted by Gasteiger charge is -2.38. The molecule has 0 aromatic heterocycles. The molecule has 1 aliphatic carbocycles. The van der Waals surface area contributed by atoms with Crippen LogP contribution >= 0.6 is 0 Å². The number of hydrogen-bond acceptors (Lipinski definition) is 3. The number of anilines is 1. The van der Waals surface area contributed by atoms with Gasteiger partial charge in [-0.3, -0.25) is 0 Å². The molecule has 0 radical (unpaired) electrons. The van der Waals surface area contributed by atoms with E-state index < -0.39 is 0 Å². The van der Waals surface area contributed by atoms with Gasteiger partial charge in [-0.2, -0.15) is 0 Å². The normalized spacial score (nSPS) is 20.2. The molecule has 0 amide bonds. The van der Waals surface area contributed by atoms with Crippen LogP contribution in [0.5, 0.6) is 0 Å². The summed E-state index contributed by atoms with van der Waals surface area (Å²) in [5.41, 5.74) is 2.90. The van der Waals surface area contributed by atoms with E-state index in [1.165, 1.54) is 36.9 Å². The van der Waals surface area contributed by atoms with Gasteiger partial charge in [0.15, 0.2) is 0 Å². The third kappa shape index (κ3) is 3.10. The molecule has 1 fully saturated rings. The van der Waals surface area contributed by atoms with Crippen molar-refractivity contribution >= 4 is 5.69 Å². The molecule has 1 aromatic carbocycles. The van der Waals surface area contributed by atoms with Crippen LogP contribution in [0.25, 0.3) is 0 Å². The van der Waals surface area contributed by atoms with E-state index in [-0.39, 0.29) is 0 Å². The van der Waals surface area contributed by atoms with Crippen LogP contribution in [-0.4, -0.2) is 38.9 Å². The van der Waals surface area contributed by atoms with E-state index in [4.69, 9.17) is 4.74 Å². The fraction of sp³-hybridized carbons (Fsp3) is 0.625. The maximum Gasteiger partial charge on any atom is 0.0678 e. The molecular formula is C16H24N2O. The van der Waals surface area contributed by atoms with Crippen molar-refractivity contribution in [2.45, 2.75) is 37.8 Å². The van der Waals surface area contributed by atoms with Crippen LogP contribution in [0.4, 0.5) is 5.69 Å².